The van der Waals surface area contributed by atoms with Crippen molar-refractivity contribution in [2.75, 3.05) is 0 Å². The zero-order valence-corrected chi connectivity index (χ0v) is 26.1. The van der Waals surface area contributed by atoms with E-state index in [2.05, 4.69) is 123 Å². The topological polar surface area (TPSA) is 83.1 Å². The first kappa shape index (κ1) is 27.9. The fraction of sp³-hybridized carbons (Fsp3) is 0.0476. The molecule has 0 saturated heterocycles. The lowest BCUT2D eigenvalue weighted by Gasteiger charge is -2.06. The summed E-state index contributed by atoms with van der Waals surface area (Å²) in [5, 5.41) is 0. The molecule has 2 aliphatic heterocycles. The molecule has 0 amide bonds. The Kier molecular flexibility index (Phi) is 6.82. The van der Waals surface area contributed by atoms with Crippen molar-refractivity contribution in [1.29, 1.82) is 0 Å². The molecule has 2 aromatic carbocycles. The van der Waals surface area contributed by atoms with Gasteiger partial charge in [0.1, 0.15) is 0 Å². The Morgan fingerprint density at radius 3 is 1.31 bits per heavy atom. The van der Waals surface area contributed by atoms with Gasteiger partial charge in [-0.2, -0.15) is 0 Å². The molecule has 0 saturated carbocycles. The molecule has 9 rings (SSSR count). The Bertz CT molecular complexity index is 2310. The van der Waals surface area contributed by atoms with E-state index in [4.69, 9.17) is 9.97 Å². The second-order valence-corrected chi connectivity index (χ2v) is 12.0. The molecule has 7 aromatic rings. The van der Waals surface area contributed by atoms with Gasteiger partial charge >= 0.3 is 0 Å². The molecule has 7 heterocycles. The summed E-state index contributed by atoms with van der Waals surface area (Å²) < 4.78 is 0. The van der Waals surface area contributed by atoms with Crippen LogP contribution in [-0.4, -0.2) is 29.9 Å². The lowest BCUT2D eigenvalue weighted by atomic mass is 10.0. The maximum Gasteiger partial charge on any atom is 0.0737 e. The van der Waals surface area contributed by atoms with Gasteiger partial charge in [0, 0.05) is 80.2 Å². The second kappa shape index (κ2) is 11.8. The van der Waals surface area contributed by atoms with Gasteiger partial charge in [0.15, 0.2) is 0 Å². The van der Waals surface area contributed by atoms with Crippen molar-refractivity contribution in [2.24, 2.45) is 0 Å². The molecule has 0 aliphatic carbocycles. The summed E-state index contributed by atoms with van der Waals surface area (Å²) in [5.74, 6) is 0. The minimum absolute atomic E-state index is 0.813. The maximum absolute atomic E-state index is 5.42. The average molecular weight is 619 g/mol. The van der Waals surface area contributed by atoms with Gasteiger partial charge in [0.2, 0.25) is 0 Å². The van der Waals surface area contributed by atoms with Crippen molar-refractivity contribution < 1.29 is 0 Å². The molecule has 0 fully saturated rings. The molecule has 0 atom stereocenters. The van der Waals surface area contributed by atoms with Crippen molar-refractivity contribution in [1.82, 2.24) is 29.9 Å². The summed E-state index contributed by atoms with van der Waals surface area (Å²) >= 11 is 0. The largest absolute Gasteiger partial charge is 0.354 e. The van der Waals surface area contributed by atoms with Gasteiger partial charge in [0.25, 0.3) is 0 Å². The second-order valence-electron chi connectivity index (χ2n) is 12.0. The van der Waals surface area contributed by atoms with E-state index < -0.39 is 0 Å². The third kappa shape index (κ3) is 4.91. The third-order valence-corrected chi connectivity index (χ3v) is 9.07. The Hall–Kier alpha value is -6.40. The standard InChI is InChI=1S/C42H30N6/c1-3-9-27(10-4-1)39-31-15-19-35(45-31)41(29-13-7-23-43-25-29)37-21-17-33(47-37)40(28-11-5-2-6-12-28)34-18-22-38(48-34)42(30-14-8-24-44-26-30)36-20-16-32(39)46-36/h1-17,19-21,23-26,46-47H,18,22H2. The number of aryl methyl sites for hydroxylation is 2. The predicted octanol–water partition coefficient (Wildman–Crippen LogP) is 9.73. The summed E-state index contributed by atoms with van der Waals surface area (Å²) in [6, 6.07) is 37.8. The molecule has 0 unspecified atom stereocenters. The number of aromatic nitrogens is 6. The molecular weight excluding hydrogens is 589 g/mol. The molecule has 2 N–H and O–H groups in total. The number of benzene rings is 2. The number of rotatable bonds is 4. The van der Waals surface area contributed by atoms with Gasteiger partial charge in [0.05, 0.1) is 22.8 Å². The summed E-state index contributed by atoms with van der Waals surface area (Å²) in [6.07, 6.45) is 13.3. The lowest BCUT2D eigenvalue weighted by molar-refractivity contribution is 1.03. The number of fused-ring (bicyclic) bond motifs is 8. The number of pyridine rings is 2. The normalized spacial score (nSPS) is 12.3. The fourth-order valence-corrected chi connectivity index (χ4v) is 6.96. The number of hydrogen-bond donors (Lipinski definition) is 2. The van der Waals surface area contributed by atoms with E-state index in [-0.39, 0.29) is 0 Å². The number of H-pyrrole nitrogens is 2. The molecule has 8 bridgehead atoms. The average Bonchev–Trinajstić information content (AvgIpc) is 3.98. The highest BCUT2D eigenvalue weighted by atomic mass is 14.8. The first-order valence-corrected chi connectivity index (χ1v) is 16.2. The predicted molar refractivity (Wildman–Crippen MR) is 195 cm³/mol. The van der Waals surface area contributed by atoms with E-state index in [1.165, 1.54) is 0 Å². The molecular formula is C42H30N6. The van der Waals surface area contributed by atoms with Crippen LogP contribution in [0.4, 0.5) is 0 Å². The van der Waals surface area contributed by atoms with Crippen LogP contribution in [0, 0.1) is 0 Å². The van der Waals surface area contributed by atoms with E-state index in [9.17, 15) is 0 Å². The summed E-state index contributed by atoms with van der Waals surface area (Å²) in [7, 11) is 0. The van der Waals surface area contributed by atoms with Gasteiger partial charge in [-0.15, -0.1) is 0 Å². The van der Waals surface area contributed by atoms with Crippen molar-refractivity contribution in [3.8, 4) is 44.5 Å². The van der Waals surface area contributed by atoms with Crippen molar-refractivity contribution >= 4 is 34.2 Å². The number of nitrogens with one attached hydrogen (secondary N) is 2. The van der Waals surface area contributed by atoms with Gasteiger partial charge in [-0.25, -0.2) is 4.98 Å². The monoisotopic (exact) mass is 618 g/mol. The SMILES string of the molecule is C1=Cc2nc1c(-c1cccnc1)c1ccc([nH]1)c(-c1ccccc1)c1nc(c(-c3cccnc3)c3ccc([nH]3)c2-c2ccccc2)CC1. The summed E-state index contributed by atoms with van der Waals surface area (Å²) in [5.41, 5.74) is 16.2. The van der Waals surface area contributed by atoms with Crippen LogP contribution in [0.15, 0.2) is 134 Å². The Morgan fingerprint density at radius 2 is 0.812 bits per heavy atom. The van der Waals surface area contributed by atoms with Gasteiger partial charge < -0.3 is 9.97 Å². The molecule has 0 radical (unpaired) electrons. The number of hydrogen-bond acceptors (Lipinski definition) is 4. The molecule has 0 spiro atoms. The van der Waals surface area contributed by atoms with E-state index in [0.717, 1.165) is 102 Å². The van der Waals surface area contributed by atoms with Crippen molar-refractivity contribution in [2.45, 2.75) is 12.8 Å². The van der Waals surface area contributed by atoms with Gasteiger partial charge in [-0.1, -0.05) is 72.8 Å². The minimum Gasteiger partial charge on any atom is -0.354 e. The quantitative estimate of drug-likeness (QED) is 0.206. The Morgan fingerprint density at radius 1 is 0.396 bits per heavy atom. The highest BCUT2D eigenvalue weighted by Gasteiger charge is 2.21. The van der Waals surface area contributed by atoms with Crippen molar-refractivity contribution in [3.05, 3.63) is 157 Å². The third-order valence-electron chi connectivity index (χ3n) is 9.07. The molecule has 5 aromatic heterocycles. The molecule has 6 nitrogen and oxygen atoms in total. The molecule has 228 valence electrons. The van der Waals surface area contributed by atoms with E-state index >= 15 is 0 Å². The van der Waals surface area contributed by atoms with E-state index in [1.807, 2.05) is 36.8 Å². The first-order valence-electron chi connectivity index (χ1n) is 16.2. The van der Waals surface area contributed by atoms with Crippen LogP contribution in [0.5, 0.6) is 0 Å². The van der Waals surface area contributed by atoms with Crippen LogP contribution in [0.25, 0.3) is 78.7 Å². The highest BCUT2D eigenvalue weighted by Crippen LogP contribution is 2.37. The van der Waals surface area contributed by atoms with Crippen LogP contribution >= 0.6 is 0 Å². The number of aromatic amines is 2. The molecule has 2 aliphatic rings. The highest BCUT2D eigenvalue weighted by molar-refractivity contribution is 5.97. The maximum atomic E-state index is 5.42. The van der Waals surface area contributed by atoms with Gasteiger partial charge in [-0.3, -0.25) is 15.0 Å². The van der Waals surface area contributed by atoms with Crippen LogP contribution < -0.4 is 0 Å². The minimum atomic E-state index is 0.813. The van der Waals surface area contributed by atoms with Crippen LogP contribution in [0.2, 0.25) is 0 Å². The number of nitrogens with zero attached hydrogens (tertiary/aromatic N) is 4. The smallest absolute Gasteiger partial charge is 0.0737 e. The van der Waals surface area contributed by atoms with Crippen LogP contribution in [0.1, 0.15) is 22.8 Å². The fourth-order valence-electron chi connectivity index (χ4n) is 6.96. The Balaban J connectivity index is 1.48. The summed E-state index contributed by atoms with van der Waals surface area (Å²) in [4.78, 5) is 27.3. The van der Waals surface area contributed by atoms with Crippen LogP contribution in [-0.2, 0) is 12.8 Å². The van der Waals surface area contributed by atoms with Crippen LogP contribution in [0.3, 0.4) is 0 Å². The Labute approximate surface area is 277 Å². The first-order chi connectivity index (χ1) is 23.8. The summed E-state index contributed by atoms with van der Waals surface area (Å²) in [6.45, 7) is 0. The molecule has 48 heavy (non-hydrogen) atoms. The van der Waals surface area contributed by atoms with Crippen molar-refractivity contribution in [3.63, 3.8) is 0 Å². The van der Waals surface area contributed by atoms with E-state index in [0.29, 0.717) is 0 Å². The zero-order valence-electron chi connectivity index (χ0n) is 26.1. The molecule has 6 heteroatoms. The van der Waals surface area contributed by atoms with Gasteiger partial charge in [-0.05, 0) is 72.5 Å². The zero-order chi connectivity index (χ0) is 31.9. The lowest BCUT2D eigenvalue weighted by Crippen LogP contribution is -1.90. The van der Waals surface area contributed by atoms with E-state index in [1.54, 1.807) is 6.20 Å².